The van der Waals surface area contributed by atoms with E-state index in [1.54, 1.807) is 0 Å². The van der Waals surface area contributed by atoms with Crippen molar-refractivity contribution in [2.75, 3.05) is 29.1 Å². The summed E-state index contributed by atoms with van der Waals surface area (Å²) < 4.78 is 0. The van der Waals surface area contributed by atoms with Crippen LogP contribution >= 0.6 is 11.8 Å². The van der Waals surface area contributed by atoms with Gasteiger partial charge in [0, 0.05) is 24.5 Å². The fourth-order valence-electron chi connectivity index (χ4n) is 3.49. The maximum absolute atomic E-state index is 12.5. The lowest BCUT2D eigenvalue weighted by molar-refractivity contribution is -0.113. The van der Waals surface area contributed by atoms with Crippen molar-refractivity contribution in [3.8, 4) is 0 Å². The second-order valence-electron chi connectivity index (χ2n) is 7.13. The van der Waals surface area contributed by atoms with Crippen molar-refractivity contribution in [1.29, 1.82) is 0 Å². The number of thioether (sulfide) groups is 1. The van der Waals surface area contributed by atoms with Gasteiger partial charge in [-0.05, 0) is 62.6 Å². The van der Waals surface area contributed by atoms with Crippen LogP contribution in [0, 0.1) is 13.8 Å². The van der Waals surface area contributed by atoms with E-state index in [0.717, 1.165) is 46.1 Å². The molecule has 0 atom stereocenters. The fourth-order valence-corrected chi connectivity index (χ4v) is 4.25. The van der Waals surface area contributed by atoms with E-state index in [4.69, 9.17) is 0 Å². The van der Waals surface area contributed by atoms with Crippen LogP contribution in [0.5, 0.6) is 0 Å². The van der Waals surface area contributed by atoms with E-state index in [1.807, 2.05) is 44.2 Å². The van der Waals surface area contributed by atoms with E-state index in [9.17, 15) is 4.79 Å². The molecule has 1 aromatic heterocycles. The first-order valence-electron chi connectivity index (χ1n) is 9.62. The maximum atomic E-state index is 12.5. The van der Waals surface area contributed by atoms with Gasteiger partial charge >= 0.3 is 0 Å². The highest BCUT2D eigenvalue weighted by molar-refractivity contribution is 8.00. The molecule has 0 radical (unpaired) electrons. The van der Waals surface area contributed by atoms with E-state index < -0.39 is 0 Å². The SMILES string of the molecule is Cc1cc(N2CCCC2)ccc1NC(=O)CSc1nc2ccccc2nc1C. The van der Waals surface area contributed by atoms with E-state index in [0.29, 0.717) is 5.75 Å². The van der Waals surface area contributed by atoms with Crippen LogP contribution in [0.3, 0.4) is 0 Å². The van der Waals surface area contributed by atoms with E-state index >= 15 is 0 Å². The fraction of sp³-hybridized carbons (Fsp3) is 0.318. The molecule has 1 fully saturated rings. The zero-order valence-corrected chi connectivity index (χ0v) is 17.1. The number of benzene rings is 2. The Morgan fingerprint density at radius 1 is 1.07 bits per heavy atom. The van der Waals surface area contributed by atoms with Gasteiger partial charge < -0.3 is 10.2 Å². The molecule has 2 heterocycles. The van der Waals surface area contributed by atoms with Crippen molar-refractivity contribution in [1.82, 2.24) is 9.97 Å². The topological polar surface area (TPSA) is 58.1 Å². The number of aryl methyl sites for hydroxylation is 2. The molecule has 28 heavy (non-hydrogen) atoms. The zero-order valence-electron chi connectivity index (χ0n) is 16.2. The van der Waals surface area contributed by atoms with Gasteiger partial charge in [0.25, 0.3) is 0 Å². The molecule has 1 amide bonds. The monoisotopic (exact) mass is 392 g/mol. The molecule has 0 spiro atoms. The minimum Gasteiger partial charge on any atom is -0.372 e. The number of rotatable bonds is 5. The highest BCUT2D eigenvalue weighted by Crippen LogP contribution is 2.26. The second kappa shape index (κ2) is 8.19. The molecule has 4 rings (SSSR count). The Hall–Kier alpha value is -2.60. The highest BCUT2D eigenvalue weighted by Gasteiger charge is 2.14. The van der Waals surface area contributed by atoms with Crippen LogP contribution in [0.25, 0.3) is 11.0 Å². The Kier molecular flexibility index (Phi) is 5.48. The standard InChI is InChI=1S/C22H24N4OS/c1-15-13-17(26-11-5-6-12-26)9-10-18(15)24-21(27)14-28-22-16(2)23-19-7-3-4-8-20(19)25-22/h3-4,7-10,13H,5-6,11-12,14H2,1-2H3,(H,24,27). The predicted octanol–water partition coefficient (Wildman–Crippen LogP) is 4.58. The van der Waals surface area contributed by atoms with E-state index in [-0.39, 0.29) is 5.91 Å². The summed E-state index contributed by atoms with van der Waals surface area (Å²) in [5, 5.41) is 3.83. The summed E-state index contributed by atoms with van der Waals surface area (Å²) in [6.45, 7) is 6.21. The number of hydrogen-bond donors (Lipinski definition) is 1. The number of fused-ring (bicyclic) bond motifs is 1. The quantitative estimate of drug-likeness (QED) is 0.644. The van der Waals surface area contributed by atoms with Gasteiger partial charge in [0.2, 0.25) is 5.91 Å². The molecule has 3 aromatic rings. The Morgan fingerprint density at radius 2 is 1.79 bits per heavy atom. The maximum Gasteiger partial charge on any atom is 0.234 e. The molecule has 1 N–H and O–H groups in total. The largest absolute Gasteiger partial charge is 0.372 e. The number of amides is 1. The average Bonchev–Trinajstić information content (AvgIpc) is 3.23. The number of hydrogen-bond acceptors (Lipinski definition) is 5. The Balaban J connectivity index is 1.40. The first kappa shape index (κ1) is 18.7. The molecule has 0 saturated carbocycles. The Morgan fingerprint density at radius 3 is 2.50 bits per heavy atom. The molecular weight excluding hydrogens is 368 g/mol. The van der Waals surface area contributed by atoms with Crippen LogP contribution in [0.1, 0.15) is 24.1 Å². The summed E-state index contributed by atoms with van der Waals surface area (Å²) in [4.78, 5) is 24.1. The number of carbonyl (C=O) groups is 1. The zero-order chi connectivity index (χ0) is 19.5. The number of anilines is 2. The van der Waals surface area contributed by atoms with Gasteiger partial charge in [0.15, 0.2) is 0 Å². The molecule has 6 heteroatoms. The second-order valence-corrected chi connectivity index (χ2v) is 8.10. The van der Waals surface area contributed by atoms with Crippen LogP contribution in [-0.4, -0.2) is 34.7 Å². The molecule has 0 aliphatic carbocycles. The lowest BCUT2D eigenvalue weighted by atomic mass is 10.1. The van der Waals surface area contributed by atoms with Gasteiger partial charge in [-0.3, -0.25) is 4.79 Å². The lowest BCUT2D eigenvalue weighted by Crippen LogP contribution is -2.18. The van der Waals surface area contributed by atoms with Gasteiger partial charge in [0.1, 0.15) is 5.03 Å². The van der Waals surface area contributed by atoms with E-state index in [2.05, 4.69) is 32.3 Å². The van der Waals surface area contributed by atoms with Crippen molar-refractivity contribution >= 4 is 40.1 Å². The Labute approximate surface area is 169 Å². The molecule has 5 nitrogen and oxygen atoms in total. The normalized spacial score (nSPS) is 13.9. The third kappa shape index (κ3) is 4.12. The van der Waals surface area contributed by atoms with Gasteiger partial charge in [-0.2, -0.15) is 0 Å². The van der Waals surface area contributed by atoms with Crippen LogP contribution in [0.15, 0.2) is 47.5 Å². The lowest BCUT2D eigenvalue weighted by Gasteiger charge is -2.19. The van der Waals surface area contributed by atoms with Crippen LogP contribution in [-0.2, 0) is 4.79 Å². The summed E-state index contributed by atoms with van der Waals surface area (Å²) >= 11 is 1.42. The van der Waals surface area contributed by atoms with Gasteiger partial charge in [-0.15, -0.1) is 0 Å². The minimum atomic E-state index is -0.0311. The minimum absolute atomic E-state index is 0.0311. The van der Waals surface area contributed by atoms with Crippen molar-refractivity contribution in [2.24, 2.45) is 0 Å². The summed E-state index contributed by atoms with van der Waals surface area (Å²) in [7, 11) is 0. The molecule has 2 aromatic carbocycles. The molecule has 1 saturated heterocycles. The first-order valence-corrected chi connectivity index (χ1v) is 10.6. The molecule has 0 bridgehead atoms. The van der Waals surface area contributed by atoms with Crippen molar-refractivity contribution in [2.45, 2.75) is 31.7 Å². The predicted molar refractivity (Wildman–Crippen MR) is 116 cm³/mol. The summed E-state index contributed by atoms with van der Waals surface area (Å²) in [6.07, 6.45) is 2.51. The van der Waals surface area contributed by atoms with Gasteiger partial charge in [-0.1, -0.05) is 23.9 Å². The third-order valence-corrected chi connectivity index (χ3v) is 6.06. The third-order valence-electron chi connectivity index (χ3n) is 5.00. The highest BCUT2D eigenvalue weighted by atomic mass is 32.2. The smallest absolute Gasteiger partial charge is 0.234 e. The summed E-state index contributed by atoms with van der Waals surface area (Å²) in [5.74, 6) is 0.276. The summed E-state index contributed by atoms with van der Waals surface area (Å²) in [6, 6.07) is 14.1. The van der Waals surface area contributed by atoms with Crippen molar-refractivity contribution in [3.05, 3.63) is 53.7 Å². The van der Waals surface area contributed by atoms with Crippen LogP contribution in [0.4, 0.5) is 11.4 Å². The van der Waals surface area contributed by atoms with E-state index in [1.165, 1.54) is 30.3 Å². The number of carbonyl (C=O) groups excluding carboxylic acids is 1. The Bertz CT molecular complexity index is 1010. The number of aromatic nitrogens is 2. The molecule has 0 unspecified atom stereocenters. The number of para-hydroxylation sites is 2. The van der Waals surface area contributed by atoms with Gasteiger partial charge in [0.05, 0.1) is 22.5 Å². The van der Waals surface area contributed by atoms with Crippen LogP contribution in [0.2, 0.25) is 0 Å². The van der Waals surface area contributed by atoms with Crippen molar-refractivity contribution in [3.63, 3.8) is 0 Å². The first-order chi connectivity index (χ1) is 13.6. The molecule has 1 aliphatic rings. The van der Waals surface area contributed by atoms with Crippen LogP contribution < -0.4 is 10.2 Å². The molecule has 1 aliphatic heterocycles. The molecular formula is C22H24N4OS. The van der Waals surface area contributed by atoms with Crippen molar-refractivity contribution < 1.29 is 4.79 Å². The number of nitrogens with zero attached hydrogens (tertiary/aromatic N) is 3. The number of nitrogens with one attached hydrogen (secondary N) is 1. The van der Waals surface area contributed by atoms with Gasteiger partial charge in [-0.25, -0.2) is 9.97 Å². The average molecular weight is 393 g/mol. The summed E-state index contributed by atoms with van der Waals surface area (Å²) in [5.41, 5.74) is 5.78. The molecule has 144 valence electrons.